The molecule has 1 fully saturated rings. The Morgan fingerprint density at radius 2 is 2.33 bits per heavy atom. The monoisotopic (exact) mass is 204 g/mol. The summed E-state index contributed by atoms with van der Waals surface area (Å²) in [6, 6.07) is 0. The molecule has 82 valence electrons. The maximum atomic E-state index is 5.77. The summed E-state index contributed by atoms with van der Waals surface area (Å²) < 4.78 is 5.77. The van der Waals surface area contributed by atoms with Crippen molar-refractivity contribution in [1.82, 2.24) is 0 Å². The molecule has 0 saturated carbocycles. The molecular weight excluding hydrogens is 184 g/mol. The van der Waals surface area contributed by atoms with Crippen molar-refractivity contribution >= 4 is 0 Å². The van der Waals surface area contributed by atoms with E-state index in [1.54, 1.807) is 0 Å². The molecule has 1 heterocycles. The number of rotatable bonds is 2. The van der Waals surface area contributed by atoms with Crippen LogP contribution in [0.2, 0.25) is 0 Å². The second kappa shape index (κ2) is 3.64. The average molecular weight is 204 g/mol. The molecule has 0 aromatic carbocycles. The SMILES string of the molecule is C=C[C@@H]1OC[C@H]2C=C(C(C)C)C=C[C@]21C. The molecule has 0 aromatic rings. The van der Waals surface area contributed by atoms with Crippen LogP contribution in [0.15, 0.2) is 36.5 Å². The molecule has 0 radical (unpaired) electrons. The van der Waals surface area contributed by atoms with Gasteiger partial charge in [-0.25, -0.2) is 0 Å². The van der Waals surface area contributed by atoms with Crippen molar-refractivity contribution in [2.75, 3.05) is 6.61 Å². The van der Waals surface area contributed by atoms with Crippen molar-refractivity contribution in [1.29, 1.82) is 0 Å². The van der Waals surface area contributed by atoms with Crippen LogP contribution in [0.5, 0.6) is 0 Å². The molecule has 0 spiro atoms. The molecule has 1 saturated heterocycles. The van der Waals surface area contributed by atoms with E-state index in [1.165, 1.54) is 5.57 Å². The molecule has 0 bridgehead atoms. The lowest BCUT2D eigenvalue weighted by Gasteiger charge is -2.32. The highest BCUT2D eigenvalue weighted by Crippen LogP contribution is 2.45. The quantitative estimate of drug-likeness (QED) is 0.627. The topological polar surface area (TPSA) is 9.23 Å². The fourth-order valence-electron chi connectivity index (χ4n) is 2.49. The van der Waals surface area contributed by atoms with E-state index in [1.807, 2.05) is 6.08 Å². The van der Waals surface area contributed by atoms with Gasteiger partial charge in [-0.2, -0.15) is 0 Å². The minimum absolute atomic E-state index is 0.125. The van der Waals surface area contributed by atoms with Gasteiger partial charge in [-0.05, 0) is 11.5 Å². The third-order valence-electron chi connectivity index (χ3n) is 3.78. The summed E-state index contributed by atoms with van der Waals surface area (Å²) in [6.07, 6.45) is 9.05. The maximum Gasteiger partial charge on any atom is 0.0848 e. The number of allylic oxidation sites excluding steroid dienone is 2. The summed E-state index contributed by atoms with van der Waals surface area (Å²) >= 11 is 0. The summed E-state index contributed by atoms with van der Waals surface area (Å²) in [5.41, 5.74) is 1.56. The van der Waals surface area contributed by atoms with Gasteiger partial charge in [0.2, 0.25) is 0 Å². The van der Waals surface area contributed by atoms with E-state index in [-0.39, 0.29) is 11.5 Å². The molecule has 15 heavy (non-hydrogen) atoms. The Morgan fingerprint density at radius 3 is 2.93 bits per heavy atom. The Hall–Kier alpha value is -0.820. The highest BCUT2D eigenvalue weighted by atomic mass is 16.5. The van der Waals surface area contributed by atoms with Crippen molar-refractivity contribution in [2.24, 2.45) is 17.3 Å². The molecule has 0 N–H and O–H groups in total. The molecule has 2 rings (SSSR count). The fourth-order valence-corrected chi connectivity index (χ4v) is 2.49. The van der Waals surface area contributed by atoms with Crippen LogP contribution < -0.4 is 0 Å². The number of hydrogen-bond donors (Lipinski definition) is 0. The van der Waals surface area contributed by atoms with Gasteiger partial charge in [0.15, 0.2) is 0 Å². The fraction of sp³-hybridized carbons (Fsp3) is 0.571. The summed E-state index contributed by atoms with van der Waals surface area (Å²) in [4.78, 5) is 0. The van der Waals surface area contributed by atoms with Gasteiger partial charge in [0.1, 0.15) is 0 Å². The Kier molecular flexibility index (Phi) is 2.59. The molecule has 1 aliphatic heterocycles. The van der Waals surface area contributed by atoms with Crippen molar-refractivity contribution in [3.05, 3.63) is 36.5 Å². The second-order valence-corrected chi connectivity index (χ2v) is 5.12. The minimum atomic E-state index is 0.125. The van der Waals surface area contributed by atoms with E-state index in [0.717, 1.165) is 6.61 Å². The first-order valence-corrected chi connectivity index (χ1v) is 5.73. The van der Waals surface area contributed by atoms with Crippen LogP contribution in [0.1, 0.15) is 20.8 Å². The van der Waals surface area contributed by atoms with Crippen molar-refractivity contribution < 1.29 is 4.74 Å². The molecule has 1 nitrogen and oxygen atoms in total. The summed E-state index contributed by atoms with van der Waals surface area (Å²) in [5, 5.41) is 0. The number of fused-ring (bicyclic) bond motifs is 1. The molecule has 0 amide bonds. The third kappa shape index (κ3) is 1.59. The molecule has 0 unspecified atom stereocenters. The highest BCUT2D eigenvalue weighted by molar-refractivity contribution is 5.33. The van der Waals surface area contributed by atoms with Gasteiger partial charge in [-0.3, -0.25) is 0 Å². The summed E-state index contributed by atoms with van der Waals surface area (Å²) in [6.45, 7) is 11.4. The van der Waals surface area contributed by atoms with Crippen LogP contribution >= 0.6 is 0 Å². The zero-order chi connectivity index (χ0) is 11.1. The van der Waals surface area contributed by atoms with Gasteiger partial charge < -0.3 is 4.74 Å². The molecule has 2 aliphatic rings. The van der Waals surface area contributed by atoms with Crippen LogP contribution in [0.3, 0.4) is 0 Å². The predicted molar refractivity (Wildman–Crippen MR) is 63.6 cm³/mol. The summed E-state index contributed by atoms with van der Waals surface area (Å²) in [5.74, 6) is 1.12. The van der Waals surface area contributed by atoms with Gasteiger partial charge in [-0.15, -0.1) is 6.58 Å². The first-order chi connectivity index (χ1) is 7.08. The maximum absolute atomic E-state index is 5.77. The second-order valence-electron chi connectivity index (χ2n) is 5.12. The predicted octanol–water partition coefficient (Wildman–Crippen LogP) is 3.35. The normalized spacial score (nSPS) is 39.1. The van der Waals surface area contributed by atoms with Crippen LogP contribution in [0, 0.1) is 17.3 Å². The van der Waals surface area contributed by atoms with Crippen molar-refractivity contribution in [3.8, 4) is 0 Å². The Balaban J connectivity index is 2.28. The van der Waals surface area contributed by atoms with Gasteiger partial charge >= 0.3 is 0 Å². The average Bonchev–Trinajstić information content (AvgIpc) is 2.53. The molecular formula is C14H20O. The first kappa shape index (κ1) is 10.7. The standard InChI is InChI=1S/C14H20O/c1-5-13-14(4)7-6-11(10(2)3)8-12(14)9-15-13/h5-8,10,12-13H,1,9H2,2-4H3/t12-,13+,14-/m1/s1. The Labute approximate surface area is 92.5 Å². The van der Waals surface area contributed by atoms with Crippen LogP contribution in [-0.4, -0.2) is 12.7 Å². The Morgan fingerprint density at radius 1 is 1.60 bits per heavy atom. The molecule has 1 heteroatoms. The van der Waals surface area contributed by atoms with E-state index in [2.05, 4.69) is 45.6 Å². The highest BCUT2D eigenvalue weighted by Gasteiger charge is 2.45. The third-order valence-corrected chi connectivity index (χ3v) is 3.78. The van der Waals surface area contributed by atoms with E-state index in [0.29, 0.717) is 11.8 Å². The molecule has 0 aromatic heterocycles. The lowest BCUT2D eigenvalue weighted by Crippen LogP contribution is -2.31. The molecule has 1 aliphatic carbocycles. The number of ether oxygens (including phenoxy) is 1. The zero-order valence-corrected chi connectivity index (χ0v) is 9.86. The van der Waals surface area contributed by atoms with Gasteiger partial charge in [0.25, 0.3) is 0 Å². The van der Waals surface area contributed by atoms with Gasteiger partial charge in [0, 0.05) is 11.3 Å². The van der Waals surface area contributed by atoms with Gasteiger partial charge in [-0.1, -0.05) is 45.1 Å². The van der Waals surface area contributed by atoms with E-state index < -0.39 is 0 Å². The summed E-state index contributed by atoms with van der Waals surface area (Å²) in [7, 11) is 0. The van der Waals surface area contributed by atoms with Crippen LogP contribution in [0.4, 0.5) is 0 Å². The number of hydrogen-bond acceptors (Lipinski definition) is 1. The van der Waals surface area contributed by atoms with Gasteiger partial charge in [0.05, 0.1) is 12.7 Å². The lowest BCUT2D eigenvalue weighted by atomic mass is 9.70. The van der Waals surface area contributed by atoms with E-state index >= 15 is 0 Å². The largest absolute Gasteiger partial charge is 0.373 e. The van der Waals surface area contributed by atoms with Crippen molar-refractivity contribution in [2.45, 2.75) is 26.9 Å². The van der Waals surface area contributed by atoms with Crippen LogP contribution in [0.25, 0.3) is 0 Å². The zero-order valence-electron chi connectivity index (χ0n) is 9.86. The first-order valence-electron chi connectivity index (χ1n) is 5.73. The van der Waals surface area contributed by atoms with E-state index in [4.69, 9.17) is 4.74 Å². The Bertz CT molecular complexity index is 324. The lowest BCUT2D eigenvalue weighted by molar-refractivity contribution is 0.113. The molecule has 3 atom stereocenters. The van der Waals surface area contributed by atoms with E-state index in [9.17, 15) is 0 Å². The van der Waals surface area contributed by atoms with Crippen molar-refractivity contribution in [3.63, 3.8) is 0 Å². The smallest absolute Gasteiger partial charge is 0.0848 e. The van der Waals surface area contributed by atoms with Crippen LogP contribution in [-0.2, 0) is 4.74 Å². The minimum Gasteiger partial charge on any atom is -0.373 e.